The first kappa shape index (κ1) is 17.0. The molecule has 1 aromatic heterocycles. The van der Waals surface area contributed by atoms with Crippen molar-refractivity contribution in [1.29, 1.82) is 0 Å². The van der Waals surface area contributed by atoms with Gasteiger partial charge >= 0.3 is 0 Å². The van der Waals surface area contributed by atoms with Crippen molar-refractivity contribution in [3.05, 3.63) is 51.7 Å². The lowest BCUT2D eigenvalue weighted by atomic mass is 10.2. The molecule has 0 atom stereocenters. The lowest BCUT2D eigenvalue weighted by Crippen LogP contribution is -2.22. The standard InChI is InChI=1S/C15H19N3S.HI/c1-3-13-7-8-14(19-13)10-17-15(16)18-12-6-4-5-11(2)9-12;/h4-9H,3,10H2,1-2H3,(H3,16,17,18);1H. The maximum absolute atomic E-state index is 5.89. The molecule has 1 aromatic carbocycles. The maximum atomic E-state index is 5.89. The van der Waals surface area contributed by atoms with E-state index in [0.717, 1.165) is 12.1 Å². The van der Waals surface area contributed by atoms with E-state index in [4.69, 9.17) is 5.73 Å². The Bertz CT molecular complexity index is 578. The van der Waals surface area contributed by atoms with Gasteiger partial charge < -0.3 is 11.1 Å². The summed E-state index contributed by atoms with van der Waals surface area (Å²) >= 11 is 1.79. The molecule has 0 radical (unpaired) electrons. The van der Waals surface area contributed by atoms with Crippen LogP contribution in [-0.2, 0) is 13.0 Å². The molecule has 0 bridgehead atoms. The van der Waals surface area contributed by atoms with Crippen molar-refractivity contribution in [2.75, 3.05) is 5.32 Å². The first-order valence-corrected chi connectivity index (χ1v) is 7.20. The normalized spacial score (nSPS) is 11.0. The molecule has 0 aliphatic rings. The van der Waals surface area contributed by atoms with Crippen LogP contribution in [0, 0.1) is 6.92 Å². The number of nitrogens with zero attached hydrogens (tertiary/aromatic N) is 1. The lowest BCUT2D eigenvalue weighted by Gasteiger charge is -2.05. The Morgan fingerprint density at radius 1 is 1.25 bits per heavy atom. The van der Waals surface area contributed by atoms with Crippen LogP contribution < -0.4 is 11.1 Å². The highest BCUT2D eigenvalue weighted by molar-refractivity contribution is 14.0. The molecule has 2 aromatic rings. The number of rotatable bonds is 4. The molecule has 0 saturated heterocycles. The second-order valence-electron chi connectivity index (χ2n) is 4.42. The highest BCUT2D eigenvalue weighted by Gasteiger charge is 1.99. The summed E-state index contributed by atoms with van der Waals surface area (Å²) in [4.78, 5) is 6.99. The van der Waals surface area contributed by atoms with E-state index < -0.39 is 0 Å². The van der Waals surface area contributed by atoms with Crippen LogP contribution >= 0.6 is 35.3 Å². The monoisotopic (exact) mass is 401 g/mol. The van der Waals surface area contributed by atoms with Gasteiger partial charge in [-0.2, -0.15) is 0 Å². The van der Waals surface area contributed by atoms with E-state index in [1.807, 2.05) is 18.2 Å². The molecule has 0 unspecified atom stereocenters. The van der Waals surface area contributed by atoms with Crippen LogP contribution in [0.5, 0.6) is 0 Å². The number of halogens is 1. The molecule has 0 fully saturated rings. The minimum Gasteiger partial charge on any atom is -0.370 e. The van der Waals surface area contributed by atoms with Crippen molar-refractivity contribution in [3.8, 4) is 0 Å². The topological polar surface area (TPSA) is 50.4 Å². The highest BCUT2D eigenvalue weighted by Crippen LogP contribution is 2.17. The largest absolute Gasteiger partial charge is 0.370 e. The van der Waals surface area contributed by atoms with Crippen LogP contribution in [0.15, 0.2) is 41.4 Å². The van der Waals surface area contributed by atoms with Crippen molar-refractivity contribution >= 4 is 47.0 Å². The summed E-state index contributed by atoms with van der Waals surface area (Å²) in [6.07, 6.45) is 1.07. The molecule has 0 saturated carbocycles. The summed E-state index contributed by atoms with van der Waals surface area (Å²) in [7, 11) is 0. The van der Waals surface area contributed by atoms with Crippen LogP contribution in [-0.4, -0.2) is 5.96 Å². The third kappa shape index (κ3) is 5.13. The molecule has 3 nitrogen and oxygen atoms in total. The second kappa shape index (κ2) is 8.26. The minimum atomic E-state index is 0. The molecule has 5 heteroatoms. The first-order valence-electron chi connectivity index (χ1n) is 6.38. The summed E-state index contributed by atoms with van der Waals surface area (Å²) in [6, 6.07) is 12.3. The van der Waals surface area contributed by atoms with Crippen molar-refractivity contribution in [3.63, 3.8) is 0 Å². The Morgan fingerprint density at radius 2 is 2.00 bits per heavy atom. The van der Waals surface area contributed by atoms with Crippen LogP contribution in [0.2, 0.25) is 0 Å². The quantitative estimate of drug-likeness (QED) is 0.459. The third-order valence-electron chi connectivity index (χ3n) is 2.76. The van der Waals surface area contributed by atoms with Crippen molar-refractivity contribution in [2.24, 2.45) is 10.7 Å². The number of anilines is 1. The zero-order chi connectivity index (χ0) is 13.7. The van der Waals surface area contributed by atoms with Gasteiger partial charge in [0.1, 0.15) is 0 Å². The summed E-state index contributed by atoms with van der Waals surface area (Å²) in [5, 5.41) is 3.11. The predicted molar refractivity (Wildman–Crippen MR) is 99.2 cm³/mol. The fourth-order valence-corrected chi connectivity index (χ4v) is 2.65. The number of aryl methyl sites for hydroxylation is 2. The maximum Gasteiger partial charge on any atom is 0.193 e. The molecular weight excluding hydrogens is 381 g/mol. The number of benzene rings is 1. The average Bonchev–Trinajstić information content (AvgIpc) is 2.84. The third-order valence-corrected chi connectivity index (χ3v) is 3.98. The van der Waals surface area contributed by atoms with E-state index in [2.05, 4.69) is 42.4 Å². The van der Waals surface area contributed by atoms with Crippen molar-refractivity contribution < 1.29 is 0 Å². The lowest BCUT2D eigenvalue weighted by molar-refractivity contribution is 1.09. The molecular formula is C15H20IN3S. The zero-order valence-corrected chi connectivity index (χ0v) is 14.9. The number of nitrogens with two attached hydrogens (primary N) is 1. The van der Waals surface area contributed by atoms with E-state index in [9.17, 15) is 0 Å². The van der Waals surface area contributed by atoms with Gasteiger partial charge in [-0.15, -0.1) is 35.3 Å². The van der Waals surface area contributed by atoms with Gasteiger partial charge in [0, 0.05) is 15.4 Å². The van der Waals surface area contributed by atoms with Crippen LogP contribution in [0.1, 0.15) is 22.2 Å². The number of nitrogens with one attached hydrogen (secondary N) is 1. The van der Waals surface area contributed by atoms with Gasteiger partial charge in [-0.3, -0.25) is 0 Å². The molecule has 0 amide bonds. The summed E-state index contributed by atoms with van der Waals surface area (Å²) < 4.78 is 0. The molecule has 2 rings (SSSR count). The fourth-order valence-electron chi connectivity index (χ4n) is 1.77. The van der Waals surface area contributed by atoms with E-state index in [0.29, 0.717) is 12.5 Å². The van der Waals surface area contributed by atoms with Gasteiger partial charge in [0.2, 0.25) is 0 Å². The number of aliphatic imine (C=N–C) groups is 1. The number of hydrogen-bond donors (Lipinski definition) is 2. The van der Waals surface area contributed by atoms with Crippen molar-refractivity contribution in [2.45, 2.75) is 26.8 Å². The van der Waals surface area contributed by atoms with E-state index in [1.54, 1.807) is 11.3 Å². The summed E-state index contributed by atoms with van der Waals surface area (Å²) in [5.74, 6) is 0.456. The number of guanidine groups is 1. The van der Waals surface area contributed by atoms with E-state index in [1.165, 1.54) is 15.3 Å². The molecule has 0 spiro atoms. The predicted octanol–water partition coefficient (Wildman–Crippen LogP) is 4.16. The molecule has 3 N–H and O–H groups in total. The van der Waals surface area contributed by atoms with Gasteiger partial charge in [0.05, 0.1) is 6.54 Å². The first-order chi connectivity index (χ1) is 9.17. The van der Waals surface area contributed by atoms with Gasteiger partial charge in [-0.25, -0.2) is 4.99 Å². The molecule has 0 aliphatic carbocycles. The second-order valence-corrected chi connectivity index (χ2v) is 5.67. The number of thiophene rings is 1. The average molecular weight is 401 g/mol. The van der Waals surface area contributed by atoms with Crippen molar-refractivity contribution in [1.82, 2.24) is 0 Å². The molecule has 20 heavy (non-hydrogen) atoms. The van der Waals surface area contributed by atoms with E-state index in [-0.39, 0.29) is 24.0 Å². The Labute approximate surface area is 141 Å². The Balaban J connectivity index is 0.00000200. The van der Waals surface area contributed by atoms with Crippen LogP contribution in [0.3, 0.4) is 0 Å². The Kier molecular flexibility index (Phi) is 7.01. The smallest absolute Gasteiger partial charge is 0.193 e. The van der Waals surface area contributed by atoms with Crippen LogP contribution in [0.4, 0.5) is 5.69 Å². The Morgan fingerprint density at radius 3 is 2.65 bits per heavy atom. The Hall–Kier alpha value is -1.08. The SMILES string of the molecule is CCc1ccc(CN=C(N)Nc2cccc(C)c2)s1.I. The van der Waals surface area contributed by atoms with Gasteiger partial charge in [-0.1, -0.05) is 19.1 Å². The van der Waals surface area contributed by atoms with Gasteiger partial charge in [0.15, 0.2) is 5.96 Å². The molecule has 0 aliphatic heterocycles. The summed E-state index contributed by atoms with van der Waals surface area (Å²) in [5.41, 5.74) is 8.06. The van der Waals surface area contributed by atoms with Gasteiger partial charge in [-0.05, 0) is 43.2 Å². The fraction of sp³-hybridized carbons (Fsp3) is 0.267. The molecule has 1 heterocycles. The number of hydrogen-bond acceptors (Lipinski definition) is 2. The van der Waals surface area contributed by atoms with Crippen LogP contribution in [0.25, 0.3) is 0 Å². The minimum absolute atomic E-state index is 0. The molecule has 108 valence electrons. The van der Waals surface area contributed by atoms with E-state index >= 15 is 0 Å². The van der Waals surface area contributed by atoms with Gasteiger partial charge in [0.25, 0.3) is 0 Å². The zero-order valence-electron chi connectivity index (χ0n) is 11.7. The highest BCUT2D eigenvalue weighted by atomic mass is 127. The summed E-state index contributed by atoms with van der Waals surface area (Å²) in [6.45, 7) is 4.85.